The van der Waals surface area contributed by atoms with Crippen molar-refractivity contribution in [3.05, 3.63) is 87.8 Å². The molecule has 1 aromatic heterocycles. The molecule has 4 aromatic rings. The second-order valence-corrected chi connectivity index (χ2v) is 10.5. The van der Waals surface area contributed by atoms with E-state index in [0.29, 0.717) is 17.1 Å². The van der Waals surface area contributed by atoms with Gasteiger partial charge in [0.1, 0.15) is 34.3 Å². The zero-order valence-electron chi connectivity index (χ0n) is 21.2. The SMILES string of the molecule is CC12c3ccc(O)cc3OC(=O)C1C1C(=O)Oc3cc(O)ccc3C12C.Cc1cc(=O)oc2cc(O)ccc12. The number of hydrogen-bond donors (Lipinski definition) is 3. The van der Waals surface area contributed by atoms with Crippen LogP contribution in [0.3, 0.4) is 0 Å². The van der Waals surface area contributed by atoms with Crippen LogP contribution < -0.4 is 15.1 Å². The third-order valence-electron chi connectivity index (χ3n) is 8.57. The van der Waals surface area contributed by atoms with Crippen molar-refractivity contribution in [1.82, 2.24) is 0 Å². The van der Waals surface area contributed by atoms with Crippen LogP contribution in [0, 0.1) is 18.8 Å². The predicted octanol–water partition coefficient (Wildman–Crippen LogP) is 4.20. The summed E-state index contributed by atoms with van der Waals surface area (Å²) >= 11 is 0. The highest BCUT2D eigenvalue weighted by molar-refractivity contribution is 5.95. The van der Waals surface area contributed by atoms with Crippen LogP contribution in [0.4, 0.5) is 0 Å². The van der Waals surface area contributed by atoms with E-state index in [1.807, 2.05) is 20.8 Å². The monoisotopic (exact) mass is 528 g/mol. The fourth-order valence-corrected chi connectivity index (χ4v) is 6.56. The Morgan fingerprint density at radius 2 is 1.13 bits per heavy atom. The molecule has 3 aromatic carbocycles. The van der Waals surface area contributed by atoms with E-state index >= 15 is 0 Å². The lowest BCUT2D eigenvalue weighted by molar-refractivity contribution is -0.186. The van der Waals surface area contributed by atoms with E-state index in [4.69, 9.17) is 19.0 Å². The van der Waals surface area contributed by atoms with Crippen molar-refractivity contribution in [2.24, 2.45) is 11.8 Å². The Morgan fingerprint density at radius 1 is 0.667 bits per heavy atom. The highest BCUT2D eigenvalue weighted by Crippen LogP contribution is 2.71. The van der Waals surface area contributed by atoms with Gasteiger partial charge in [-0.05, 0) is 36.8 Å². The molecule has 3 heterocycles. The van der Waals surface area contributed by atoms with E-state index in [1.54, 1.807) is 36.4 Å². The molecule has 1 aliphatic carbocycles. The summed E-state index contributed by atoms with van der Waals surface area (Å²) in [6.45, 7) is 5.72. The summed E-state index contributed by atoms with van der Waals surface area (Å²) < 4.78 is 15.7. The average molecular weight is 529 g/mol. The summed E-state index contributed by atoms with van der Waals surface area (Å²) in [6, 6.07) is 15.6. The molecule has 198 valence electrons. The highest BCUT2D eigenvalue weighted by Gasteiger charge is 2.77. The van der Waals surface area contributed by atoms with Crippen LogP contribution in [-0.2, 0) is 20.4 Å². The molecule has 7 rings (SSSR count). The van der Waals surface area contributed by atoms with Crippen molar-refractivity contribution in [1.29, 1.82) is 0 Å². The molecule has 0 amide bonds. The number of esters is 2. The van der Waals surface area contributed by atoms with Crippen LogP contribution in [0.5, 0.6) is 28.7 Å². The van der Waals surface area contributed by atoms with E-state index in [9.17, 15) is 24.6 Å². The number of carbonyl (C=O) groups excluding carboxylic acids is 2. The number of phenols is 3. The number of phenolic OH excluding ortho intramolecular Hbond substituents is 3. The molecule has 4 atom stereocenters. The first kappa shape index (κ1) is 24.5. The van der Waals surface area contributed by atoms with Gasteiger partial charge in [0.25, 0.3) is 0 Å². The number of ether oxygens (including phenoxy) is 2. The number of hydrogen-bond acceptors (Lipinski definition) is 9. The lowest BCUT2D eigenvalue weighted by atomic mass is 9.34. The van der Waals surface area contributed by atoms with Gasteiger partial charge in [-0.25, -0.2) is 4.79 Å². The quantitative estimate of drug-likeness (QED) is 0.174. The molecule has 0 spiro atoms. The van der Waals surface area contributed by atoms with Crippen LogP contribution in [-0.4, -0.2) is 27.3 Å². The van der Waals surface area contributed by atoms with Crippen LogP contribution in [0.2, 0.25) is 0 Å². The molecule has 3 N–H and O–H groups in total. The smallest absolute Gasteiger partial charge is 0.336 e. The molecule has 1 fully saturated rings. The molecule has 1 saturated carbocycles. The van der Waals surface area contributed by atoms with Crippen LogP contribution in [0.1, 0.15) is 30.5 Å². The molecule has 9 heteroatoms. The van der Waals surface area contributed by atoms with Crippen molar-refractivity contribution >= 4 is 22.9 Å². The lowest BCUT2D eigenvalue weighted by Gasteiger charge is -2.67. The van der Waals surface area contributed by atoms with E-state index in [-0.39, 0.29) is 17.2 Å². The average Bonchev–Trinajstić information content (AvgIpc) is 2.85. The molecular formula is C30H24O9. The normalized spacial score (nSPS) is 25.9. The summed E-state index contributed by atoms with van der Waals surface area (Å²) in [7, 11) is 0. The molecule has 3 aliphatic rings. The maximum atomic E-state index is 12.7. The van der Waals surface area contributed by atoms with Gasteiger partial charge in [0.2, 0.25) is 0 Å². The molecule has 0 radical (unpaired) electrons. The predicted molar refractivity (Wildman–Crippen MR) is 138 cm³/mol. The third-order valence-corrected chi connectivity index (χ3v) is 8.57. The van der Waals surface area contributed by atoms with Gasteiger partial charge in [-0.3, -0.25) is 9.59 Å². The maximum absolute atomic E-state index is 12.7. The van der Waals surface area contributed by atoms with Crippen molar-refractivity contribution in [3.8, 4) is 28.7 Å². The minimum absolute atomic E-state index is 0.00741. The van der Waals surface area contributed by atoms with E-state index in [0.717, 1.165) is 22.1 Å². The topological polar surface area (TPSA) is 144 Å². The minimum Gasteiger partial charge on any atom is -0.508 e. The second-order valence-electron chi connectivity index (χ2n) is 10.5. The van der Waals surface area contributed by atoms with Crippen molar-refractivity contribution in [2.45, 2.75) is 31.6 Å². The lowest BCUT2D eigenvalue weighted by Crippen LogP contribution is -2.75. The van der Waals surface area contributed by atoms with Crippen LogP contribution >= 0.6 is 0 Å². The summed E-state index contributed by atoms with van der Waals surface area (Å²) in [4.78, 5) is 36.4. The first-order valence-electron chi connectivity index (χ1n) is 12.3. The summed E-state index contributed by atoms with van der Waals surface area (Å²) in [6.07, 6.45) is 0. The maximum Gasteiger partial charge on any atom is 0.336 e. The van der Waals surface area contributed by atoms with Gasteiger partial charge >= 0.3 is 17.6 Å². The molecule has 0 saturated heterocycles. The highest BCUT2D eigenvalue weighted by atomic mass is 16.5. The molecule has 39 heavy (non-hydrogen) atoms. The largest absolute Gasteiger partial charge is 0.508 e. The minimum atomic E-state index is -0.707. The summed E-state index contributed by atoms with van der Waals surface area (Å²) in [5.41, 5.74) is 1.01. The second kappa shape index (κ2) is 8.10. The number of benzene rings is 3. The number of fused-ring (bicyclic) bond motifs is 9. The third kappa shape index (κ3) is 3.29. The first-order chi connectivity index (χ1) is 18.4. The van der Waals surface area contributed by atoms with Crippen molar-refractivity contribution < 1.29 is 38.8 Å². The zero-order chi connectivity index (χ0) is 27.9. The number of aromatic hydroxyl groups is 3. The Hall–Kier alpha value is -4.79. The molecule has 0 bridgehead atoms. The van der Waals surface area contributed by atoms with Gasteiger partial charge in [0.05, 0.1) is 11.8 Å². The van der Waals surface area contributed by atoms with Gasteiger partial charge in [-0.1, -0.05) is 26.0 Å². The van der Waals surface area contributed by atoms with E-state index in [2.05, 4.69) is 0 Å². The van der Waals surface area contributed by atoms with Crippen molar-refractivity contribution in [2.75, 3.05) is 0 Å². The molecule has 4 unspecified atom stereocenters. The van der Waals surface area contributed by atoms with Crippen molar-refractivity contribution in [3.63, 3.8) is 0 Å². The Balaban J connectivity index is 0.000000179. The number of aryl methyl sites for hydroxylation is 1. The summed E-state index contributed by atoms with van der Waals surface area (Å²) in [5, 5.41) is 29.5. The fourth-order valence-electron chi connectivity index (χ4n) is 6.56. The van der Waals surface area contributed by atoms with Crippen LogP contribution in [0.25, 0.3) is 11.0 Å². The molecular weight excluding hydrogens is 504 g/mol. The van der Waals surface area contributed by atoms with E-state index in [1.165, 1.54) is 24.3 Å². The van der Waals surface area contributed by atoms with Gasteiger partial charge < -0.3 is 29.2 Å². The number of rotatable bonds is 0. The first-order valence-corrected chi connectivity index (χ1v) is 12.3. The van der Waals surface area contributed by atoms with Gasteiger partial charge in [-0.2, -0.15) is 0 Å². The fraction of sp³-hybridized carbons (Fsp3) is 0.233. The van der Waals surface area contributed by atoms with Gasteiger partial charge in [-0.15, -0.1) is 0 Å². The Labute approximate surface area is 221 Å². The Kier molecular flexibility index (Phi) is 5.10. The van der Waals surface area contributed by atoms with Crippen LogP contribution in [0.15, 0.2) is 69.9 Å². The van der Waals surface area contributed by atoms with Gasteiger partial charge in [0, 0.05) is 51.6 Å². The number of carbonyl (C=O) groups is 2. The standard InChI is InChI=1S/C20H16O6.C10H8O3/c1-19-11-5-3-9(21)7-13(11)25-17(23)15(19)16-18(24)26-14-8-10(22)4-6-12(14)20(16,19)2;1-6-4-10(12)13-9-5-7(11)2-3-8(6)9/h3-8,15-16,21-22H,1-2H3;2-5,11H,1H3. The molecule has 2 aliphatic heterocycles. The Bertz CT molecular complexity index is 1690. The van der Waals surface area contributed by atoms with E-state index < -0.39 is 40.2 Å². The summed E-state index contributed by atoms with van der Waals surface area (Å²) in [5.74, 6) is -1.58. The molecule has 9 nitrogen and oxygen atoms in total. The van der Waals surface area contributed by atoms with Gasteiger partial charge in [0.15, 0.2) is 0 Å². The zero-order valence-corrected chi connectivity index (χ0v) is 21.2. The Morgan fingerprint density at radius 3 is 1.64 bits per heavy atom.